The Kier molecular flexibility index (Phi) is 4.14. The molecule has 0 unspecified atom stereocenters. The number of rotatable bonds is 3. The standard InChI is InChI=1S/C28H23NS2/c1-28(2,3)22-14-10-18-9-13-21-23(15-11-19-8-12-20(22)26(18)27(19)21)29(24-6-4-16-30-24)25-7-5-17-31-25/h4-17H,1-3H3. The van der Waals surface area contributed by atoms with Crippen molar-refractivity contribution in [2.24, 2.45) is 0 Å². The van der Waals surface area contributed by atoms with Gasteiger partial charge in [-0.2, -0.15) is 0 Å². The Balaban J connectivity index is 1.73. The maximum atomic E-state index is 2.41. The van der Waals surface area contributed by atoms with Gasteiger partial charge in [-0.1, -0.05) is 63.2 Å². The summed E-state index contributed by atoms with van der Waals surface area (Å²) in [4.78, 5) is 2.41. The maximum Gasteiger partial charge on any atom is 0.101 e. The van der Waals surface area contributed by atoms with Crippen molar-refractivity contribution in [3.8, 4) is 0 Å². The molecule has 0 saturated carbocycles. The number of hydrogen-bond acceptors (Lipinski definition) is 3. The van der Waals surface area contributed by atoms with Crippen molar-refractivity contribution in [3.05, 3.63) is 89.1 Å². The monoisotopic (exact) mass is 437 g/mol. The average molecular weight is 438 g/mol. The van der Waals surface area contributed by atoms with Crippen LogP contribution in [-0.4, -0.2) is 0 Å². The Morgan fingerprint density at radius 3 is 1.74 bits per heavy atom. The Bertz CT molecular complexity index is 1470. The van der Waals surface area contributed by atoms with Gasteiger partial charge in [-0.25, -0.2) is 0 Å². The highest BCUT2D eigenvalue weighted by atomic mass is 32.1. The van der Waals surface area contributed by atoms with Crippen LogP contribution in [0.4, 0.5) is 15.7 Å². The van der Waals surface area contributed by atoms with E-state index >= 15 is 0 Å². The minimum atomic E-state index is 0.102. The first kappa shape index (κ1) is 18.9. The summed E-state index contributed by atoms with van der Waals surface area (Å²) in [6.45, 7) is 6.92. The summed E-state index contributed by atoms with van der Waals surface area (Å²) in [5, 5.41) is 14.9. The van der Waals surface area contributed by atoms with E-state index in [0.717, 1.165) is 0 Å². The molecule has 0 atom stereocenters. The predicted molar refractivity (Wildman–Crippen MR) is 139 cm³/mol. The molecule has 3 heteroatoms. The van der Waals surface area contributed by atoms with Gasteiger partial charge in [0, 0.05) is 5.39 Å². The van der Waals surface area contributed by atoms with Gasteiger partial charge < -0.3 is 0 Å². The Hall–Kier alpha value is -2.88. The van der Waals surface area contributed by atoms with Crippen LogP contribution in [0.5, 0.6) is 0 Å². The second-order valence-electron chi connectivity index (χ2n) is 9.11. The van der Waals surface area contributed by atoms with Crippen LogP contribution in [-0.2, 0) is 5.41 Å². The lowest BCUT2D eigenvalue weighted by atomic mass is 9.81. The highest BCUT2D eigenvalue weighted by Gasteiger charge is 2.22. The predicted octanol–water partition coefficient (Wildman–Crippen LogP) is 9.47. The molecule has 1 nitrogen and oxygen atoms in total. The molecular weight excluding hydrogens is 414 g/mol. The molecule has 0 amide bonds. The van der Waals surface area contributed by atoms with Crippen molar-refractivity contribution in [2.75, 3.05) is 4.90 Å². The molecule has 0 aliphatic rings. The first-order valence-corrected chi connectivity index (χ1v) is 12.4. The number of hydrogen-bond donors (Lipinski definition) is 0. The Labute approximate surface area is 190 Å². The van der Waals surface area contributed by atoms with E-state index in [9.17, 15) is 0 Å². The first-order valence-electron chi connectivity index (χ1n) is 10.6. The van der Waals surface area contributed by atoms with Crippen LogP contribution < -0.4 is 4.90 Å². The highest BCUT2D eigenvalue weighted by Crippen LogP contribution is 2.46. The van der Waals surface area contributed by atoms with Crippen LogP contribution in [0.25, 0.3) is 32.3 Å². The molecule has 0 N–H and O–H groups in total. The maximum absolute atomic E-state index is 2.41. The van der Waals surface area contributed by atoms with E-state index in [2.05, 4.69) is 109 Å². The van der Waals surface area contributed by atoms with Crippen molar-refractivity contribution in [2.45, 2.75) is 26.2 Å². The van der Waals surface area contributed by atoms with Gasteiger partial charge in [-0.3, -0.25) is 4.90 Å². The molecule has 0 aliphatic heterocycles. The topological polar surface area (TPSA) is 3.24 Å². The van der Waals surface area contributed by atoms with Gasteiger partial charge in [-0.05, 0) is 79.0 Å². The summed E-state index contributed by atoms with van der Waals surface area (Å²) in [5.41, 5.74) is 2.76. The summed E-state index contributed by atoms with van der Waals surface area (Å²) in [5.74, 6) is 0. The van der Waals surface area contributed by atoms with Crippen LogP contribution in [0, 0.1) is 0 Å². The van der Waals surface area contributed by atoms with Crippen LogP contribution in [0.3, 0.4) is 0 Å². The van der Waals surface area contributed by atoms with E-state index < -0.39 is 0 Å². The molecule has 6 aromatic rings. The summed E-state index contributed by atoms with van der Waals surface area (Å²) in [6, 6.07) is 27.1. The largest absolute Gasteiger partial charge is 0.292 e. The van der Waals surface area contributed by atoms with E-state index in [4.69, 9.17) is 0 Å². The van der Waals surface area contributed by atoms with Crippen LogP contribution >= 0.6 is 22.7 Å². The zero-order valence-corrected chi connectivity index (χ0v) is 19.5. The molecule has 2 aromatic heterocycles. The molecule has 0 spiro atoms. The quantitative estimate of drug-likeness (QED) is 0.249. The van der Waals surface area contributed by atoms with Crippen LogP contribution in [0.2, 0.25) is 0 Å². The molecule has 2 heterocycles. The highest BCUT2D eigenvalue weighted by molar-refractivity contribution is 7.16. The molecule has 31 heavy (non-hydrogen) atoms. The summed E-state index contributed by atoms with van der Waals surface area (Å²) in [7, 11) is 0. The molecule has 0 bridgehead atoms. The van der Waals surface area contributed by atoms with Gasteiger partial charge in [0.15, 0.2) is 0 Å². The fourth-order valence-corrected chi connectivity index (χ4v) is 6.34. The minimum Gasteiger partial charge on any atom is -0.292 e. The first-order chi connectivity index (χ1) is 15.0. The van der Waals surface area contributed by atoms with Gasteiger partial charge >= 0.3 is 0 Å². The molecule has 0 fully saturated rings. The second-order valence-corrected chi connectivity index (χ2v) is 11.0. The van der Waals surface area contributed by atoms with E-state index in [1.165, 1.54) is 53.6 Å². The van der Waals surface area contributed by atoms with Crippen molar-refractivity contribution in [1.82, 2.24) is 0 Å². The van der Waals surface area contributed by atoms with Gasteiger partial charge in [0.05, 0.1) is 5.69 Å². The van der Waals surface area contributed by atoms with Gasteiger partial charge in [-0.15, -0.1) is 22.7 Å². The lowest BCUT2D eigenvalue weighted by molar-refractivity contribution is 0.596. The fourth-order valence-electron chi connectivity index (χ4n) is 4.77. The second kappa shape index (κ2) is 6.81. The summed E-state index contributed by atoms with van der Waals surface area (Å²) < 4.78 is 0. The molecule has 0 saturated heterocycles. The van der Waals surface area contributed by atoms with Gasteiger partial charge in [0.1, 0.15) is 10.0 Å². The van der Waals surface area contributed by atoms with Crippen LogP contribution in [0.15, 0.2) is 83.6 Å². The molecule has 0 aliphatic carbocycles. The zero-order valence-electron chi connectivity index (χ0n) is 17.8. The third-order valence-electron chi connectivity index (χ3n) is 6.14. The third-order valence-corrected chi connectivity index (χ3v) is 7.85. The lowest BCUT2D eigenvalue weighted by Crippen LogP contribution is -2.12. The Morgan fingerprint density at radius 2 is 1.16 bits per heavy atom. The molecule has 6 rings (SSSR count). The molecule has 4 aromatic carbocycles. The molecule has 0 radical (unpaired) electrons. The van der Waals surface area contributed by atoms with Crippen molar-refractivity contribution >= 4 is 70.7 Å². The molecular formula is C28H23NS2. The summed E-state index contributed by atoms with van der Waals surface area (Å²) >= 11 is 3.56. The minimum absolute atomic E-state index is 0.102. The van der Waals surface area contributed by atoms with Crippen molar-refractivity contribution < 1.29 is 0 Å². The van der Waals surface area contributed by atoms with Crippen molar-refractivity contribution in [3.63, 3.8) is 0 Å². The normalized spacial score (nSPS) is 12.4. The smallest absolute Gasteiger partial charge is 0.101 e. The number of anilines is 3. The van der Waals surface area contributed by atoms with Gasteiger partial charge in [0.25, 0.3) is 0 Å². The van der Waals surface area contributed by atoms with E-state index in [0.29, 0.717) is 0 Å². The van der Waals surface area contributed by atoms with Crippen LogP contribution in [0.1, 0.15) is 26.3 Å². The van der Waals surface area contributed by atoms with E-state index in [-0.39, 0.29) is 5.41 Å². The summed E-state index contributed by atoms with van der Waals surface area (Å²) in [6.07, 6.45) is 0. The number of benzene rings is 4. The lowest BCUT2D eigenvalue weighted by Gasteiger charge is -2.26. The van der Waals surface area contributed by atoms with E-state index in [1.54, 1.807) is 22.7 Å². The van der Waals surface area contributed by atoms with Crippen molar-refractivity contribution in [1.29, 1.82) is 0 Å². The fraction of sp³-hybridized carbons (Fsp3) is 0.143. The average Bonchev–Trinajstić information content (AvgIpc) is 3.47. The number of thiophene rings is 2. The Morgan fingerprint density at radius 1 is 0.613 bits per heavy atom. The molecule has 152 valence electrons. The third kappa shape index (κ3) is 2.88. The zero-order chi connectivity index (χ0) is 21.2. The van der Waals surface area contributed by atoms with Gasteiger partial charge in [0.2, 0.25) is 0 Å². The SMILES string of the molecule is CC(C)(C)c1ccc2ccc3c(N(c4cccs4)c4cccs4)ccc4ccc1c2c43. The van der Waals surface area contributed by atoms with E-state index in [1.807, 2.05) is 0 Å². The number of nitrogens with zero attached hydrogens (tertiary/aromatic N) is 1.